The average Bonchev–Trinajstić information content (AvgIpc) is 2.96. The Morgan fingerprint density at radius 3 is 2.11 bits per heavy atom. The summed E-state index contributed by atoms with van der Waals surface area (Å²) in [4.78, 5) is 5.12. The first-order valence-corrected chi connectivity index (χ1v) is 7.16. The van der Waals surface area contributed by atoms with E-state index in [1.54, 1.807) is 11.1 Å². The molecule has 1 aliphatic heterocycles. The van der Waals surface area contributed by atoms with Gasteiger partial charge in [-0.05, 0) is 64.0 Å². The third-order valence-corrected chi connectivity index (χ3v) is 4.82. The molecule has 0 atom stereocenters. The van der Waals surface area contributed by atoms with Crippen LogP contribution in [0.25, 0.3) is 0 Å². The van der Waals surface area contributed by atoms with Crippen LogP contribution < -0.4 is 0 Å². The van der Waals surface area contributed by atoms with Crippen molar-refractivity contribution in [3.8, 4) is 0 Å². The number of hydrogen-bond acceptors (Lipinski definition) is 2. The minimum absolute atomic E-state index is 0.327. The van der Waals surface area contributed by atoms with Crippen molar-refractivity contribution in [3.63, 3.8) is 0 Å². The first-order valence-electron chi connectivity index (χ1n) is 7.16. The van der Waals surface area contributed by atoms with Crippen molar-refractivity contribution < 1.29 is 0 Å². The summed E-state index contributed by atoms with van der Waals surface area (Å²) in [5.41, 5.74) is 3.45. The molecule has 18 heavy (non-hydrogen) atoms. The first kappa shape index (κ1) is 12.2. The van der Waals surface area contributed by atoms with Gasteiger partial charge in [0.2, 0.25) is 0 Å². The SMILES string of the molecule is CN(C)C1(CN2CCCC2)Cc2ccccc2C1. The van der Waals surface area contributed by atoms with Gasteiger partial charge in [-0.25, -0.2) is 0 Å². The fraction of sp³-hybridized carbons (Fsp3) is 0.625. The molecule has 0 spiro atoms. The lowest BCUT2D eigenvalue weighted by atomic mass is 9.93. The summed E-state index contributed by atoms with van der Waals surface area (Å²) in [5, 5.41) is 0. The van der Waals surface area contributed by atoms with Gasteiger partial charge in [-0.15, -0.1) is 0 Å². The maximum Gasteiger partial charge on any atom is 0.0410 e. The van der Waals surface area contributed by atoms with Gasteiger partial charge in [0.15, 0.2) is 0 Å². The van der Waals surface area contributed by atoms with Crippen LogP contribution >= 0.6 is 0 Å². The summed E-state index contributed by atoms with van der Waals surface area (Å²) in [6.07, 6.45) is 5.20. The molecule has 0 unspecified atom stereocenters. The molecule has 0 radical (unpaired) electrons. The van der Waals surface area contributed by atoms with E-state index in [-0.39, 0.29) is 0 Å². The number of likely N-dealkylation sites (tertiary alicyclic amines) is 1. The molecular weight excluding hydrogens is 220 g/mol. The number of rotatable bonds is 3. The second kappa shape index (κ2) is 4.67. The molecule has 3 rings (SSSR count). The Labute approximate surface area is 111 Å². The van der Waals surface area contributed by atoms with Crippen LogP contribution in [0.2, 0.25) is 0 Å². The second-order valence-corrected chi connectivity index (χ2v) is 6.22. The van der Waals surface area contributed by atoms with Crippen molar-refractivity contribution in [2.45, 2.75) is 31.2 Å². The van der Waals surface area contributed by atoms with E-state index in [0.717, 1.165) is 0 Å². The van der Waals surface area contributed by atoms with Crippen molar-refractivity contribution in [1.82, 2.24) is 9.80 Å². The van der Waals surface area contributed by atoms with E-state index >= 15 is 0 Å². The van der Waals surface area contributed by atoms with Gasteiger partial charge in [-0.1, -0.05) is 24.3 Å². The van der Waals surface area contributed by atoms with Gasteiger partial charge in [-0.3, -0.25) is 0 Å². The largest absolute Gasteiger partial charge is 0.302 e. The van der Waals surface area contributed by atoms with E-state index in [2.05, 4.69) is 48.2 Å². The molecule has 0 aromatic heterocycles. The highest BCUT2D eigenvalue weighted by Gasteiger charge is 2.40. The smallest absolute Gasteiger partial charge is 0.0410 e. The first-order chi connectivity index (χ1) is 8.70. The Kier molecular flexibility index (Phi) is 3.16. The van der Waals surface area contributed by atoms with Crippen molar-refractivity contribution in [1.29, 1.82) is 0 Å². The van der Waals surface area contributed by atoms with Gasteiger partial charge in [0, 0.05) is 12.1 Å². The second-order valence-electron chi connectivity index (χ2n) is 6.22. The van der Waals surface area contributed by atoms with Crippen LogP contribution in [0.1, 0.15) is 24.0 Å². The van der Waals surface area contributed by atoms with E-state index in [1.165, 1.54) is 45.3 Å². The quantitative estimate of drug-likeness (QED) is 0.804. The van der Waals surface area contributed by atoms with Gasteiger partial charge >= 0.3 is 0 Å². The standard InChI is InChI=1S/C16H24N2/c1-17(2)16(13-18-9-5-6-10-18)11-14-7-3-4-8-15(14)12-16/h3-4,7-8H,5-6,9-13H2,1-2H3. The number of nitrogens with zero attached hydrogens (tertiary/aromatic N) is 2. The van der Waals surface area contributed by atoms with Crippen LogP contribution in [-0.4, -0.2) is 49.1 Å². The number of hydrogen-bond donors (Lipinski definition) is 0. The number of fused-ring (bicyclic) bond motifs is 1. The minimum Gasteiger partial charge on any atom is -0.302 e. The summed E-state index contributed by atoms with van der Waals surface area (Å²) in [5.74, 6) is 0. The fourth-order valence-corrected chi connectivity index (χ4v) is 3.60. The summed E-state index contributed by atoms with van der Waals surface area (Å²) in [7, 11) is 4.50. The van der Waals surface area contributed by atoms with E-state index in [9.17, 15) is 0 Å². The van der Waals surface area contributed by atoms with E-state index in [1.807, 2.05) is 0 Å². The molecule has 1 saturated heterocycles. The molecule has 0 N–H and O–H groups in total. The minimum atomic E-state index is 0.327. The Bertz CT molecular complexity index is 394. The summed E-state index contributed by atoms with van der Waals surface area (Å²) in [6, 6.07) is 8.98. The van der Waals surface area contributed by atoms with Crippen molar-refractivity contribution in [3.05, 3.63) is 35.4 Å². The van der Waals surface area contributed by atoms with Gasteiger partial charge in [0.25, 0.3) is 0 Å². The Morgan fingerprint density at radius 1 is 1.06 bits per heavy atom. The number of benzene rings is 1. The molecule has 98 valence electrons. The Balaban J connectivity index is 1.82. The van der Waals surface area contributed by atoms with Crippen LogP contribution in [0, 0.1) is 0 Å². The molecule has 2 aliphatic rings. The van der Waals surface area contributed by atoms with Gasteiger partial charge in [0.05, 0.1) is 0 Å². The van der Waals surface area contributed by atoms with Crippen LogP contribution in [0.15, 0.2) is 24.3 Å². The predicted molar refractivity (Wildman–Crippen MR) is 75.9 cm³/mol. The zero-order valence-electron chi connectivity index (χ0n) is 11.7. The highest BCUT2D eigenvalue weighted by Crippen LogP contribution is 2.34. The maximum absolute atomic E-state index is 2.66. The molecule has 1 aliphatic carbocycles. The highest BCUT2D eigenvalue weighted by atomic mass is 15.2. The summed E-state index contributed by atoms with van der Waals surface area (Å²) in [6.45, 7) is 3.83. The molecule has 1 fully saturated rings. The van der Waals surface area contributed by atoms with Crippen LogP contribution in [0.5, 0.6) is 0 Å². The van der Waals surface area contributed by atoms with E-state index in [4.69, 9.17) is 0 Å². The monoisotopic (exact) mass is 244 g/mol. The van der Waals surface area contributed by atoms with Crippen molar-refractivity contribution in [2.75, 3.05) is 33.7 Å². The summed E-state index contributed by atoms with van der Waals surface area (Å²) >= 11 is 0. The number of likely N-dealkylation sites (N-methyl/N-ethyl adjacent to an activating group) is 1. The molecule has 2 heteroatoms. The Morgan fingerprint density at radius 2 is 1.61 bits per heavy atom. The molecule has 1 aromatic rings. The zero-order valence-corrected chi connectivity index (χ0v) is 11.7. The van der Waals surface area contributed by atoms with E-state index < -0.39 is 0 Å². The maximum atomic E-state index is 2.66. The third-order valence-electron chi connectivity index (χ3n) is 4.82. The molecule has 0 bridgehead atoms. The molecule has 0 saturated carbocycles. The van der Waals surface area contributed by atoms with Crippen LogP contribution in [-0.2, 0) is 12.8 Å². The normalized spacial score (nSPS) is 22.6. The fourth-order valence-electron chi connectivity index (χ4n) is 3.60. The lowest BCUT2D eigenvalue weighted by molar-refractivity contribution is 0.108. The van der Waals surface area contributed by atoms with E-state index in [0.29, 0.717) is 5.54 Å². The average molecular weight is 244 g/mol. The van der Waals surface area contributed by atoms with Gasteiger partial charge in [-0.2, -0.15) is 0 Å². The molecule has 1 aromatic carbocycles. The highest BCUT2D eigenvalue weighted by molar-refractivity contribution is 5.36. The van der Waals surface area contributed by atoms with Crippen molar-refractivity contribution >= 4 is 0 Å². The van der Waals surface area contributed by atoms with Crippen LogP contribution in [0.3, 0.4) is 0 Å². The molecule has 2 nitrogen and oxygen atoms in total. The Hall–Kier alpha value is -0.860. The van der Waals surface area contributed by atoms with Gasteiger partial charge < -0.3 is 9.80 Å². The van der Waals surface area contributed by atoms with Crippen molar-refractivity contribution in [2.24, 2.45) is 0 Å². The molecule has 0 amide bonds. The van der Waals surface area contributed by atoms with Crippen LogP contribution in [0.4, 0.5) is 0 Å². The predicted octanol–water partition coefficient (Wildman–Crippen LogP) is 2.18. The topological polar surface area (TPSA) is 6.48 Å². The zero-order chi connectivity index (χ0) is 12.6. The lowest BCUT2D eigenvalue weighted by Gasteiger charge is -2.39. The molecule has 1 heterocycles. The summed E-state index contributed by atoms with van der Waals surface area (Å²) < 4.78 is 0. The van der Waals surface area contributed by atoms with Gasteiger partial charge in [0.1, 0.15) is 0 Å². The lowest BCUT2D eigenvalue weighted by Crippen LogP contribution is -2.53. The third kappa shape index (κ3) is 2.08. The molecular formula is C16H24N2.